The number of ether oxygens (including phenoxy) is 1. The molecule has 38 heavy (non-hydrogen) atoms. The fourth-order valence-electron chi connectivity index (χ4n) is 4.27. The van der Waals surface area contributed by atoms with Crippen LogP contribution in [0.15, 0.2) is 41.3 Å². The molecule has 1 aliphatic rings. The van der Waals surface area contributed by atoms with Gasteiger partial charge in [-0.2, -0.15) is 5.26 Å². The number of hydrogen-bond donors (Lipinski definition) is 2. The van der Waals surface area contributed by atoms with Gasteiger partial charge in [-0.3, -0.25) is 4.79 Å². The maximum atomic E-state index is 15.3. The quantitative estimate of drug-likeness (QED) is 0.437. The first kappa shape index (κ1) is 29.5. The first-order chi connectivity index (χ1) is 17.9. The van der Waals surface area contributed by atoms with Crippen molar-refractivity contribution in [2.24, 2.45) is 0 Å². The van der Waals surface area contributed by atoms with E-state index in [0.29, 0.717) is 45.3 Å². The Hall–Kier alpha value is -3.07. The number of carbonyl (C=O) groups excluding carboxylic acids is 1. The number of nitrogens with one attached hydrogen (secondary N) is 2. The van der Waals surface area contributed by atoms with Gasteiger partial charge >= 0.3 is 0 Å². The molecule has 1 fully saturated rings. The van der Waals surface area contributed by atoms with Crippen molar-refractivity contribution in [1.82, 2.24) is 9.62 Å². The SMILES string of the molecule is CN(C)CC[C@H](CCc1ccc(F)cc1)Nc1c(F)cc(S(=O)(=O)NC(=O)[C@]2(C)CCCCO2)cc1C#N. The number of benzene rings is 2. The number of anilines is 1. The zero-order chi connectivity index (χ0) is 27.9. The number of halogens is 2. The van der Waals surface area contributed by atoms with Gasteiger partial charge in [-0.15, -0.1) is 0 Å². The minimum atomic E-state index is -4.45. The molecule has 1 aliphatic heterocycles. The van der Waals surface area contributed by atoms with Crippen LogP contribution in [0.1, 0.15) is 50.2 Å². The fraction of sp³-hybridized carbons (Fsp3) is 0.481. The Morgan fingerprint density at radius 1 is 1.18 bits per heavy atom. The van der Waals surface area contributed by atoms with Gasteiger partial charge in [0.25, 0.3) is 15.9 Å². The summed E-state index contributed by atoms with van der Waals surface area (Å²) in [5.74, 6) is -2.08. The summed E-state index contributed by atoms with van der Waals surface area (Å²) in [5, 5.41) is 12.8. The zero-order valence-corrected chi connectivity index (χ0v) is 22.7. The summed E-state index contributed by atoms with van der Waals surface area (Å²) in [6.07, 6.45) is 3.63. The van der Waals surface area contributed by atoms with E-state index in [1.165, 1.54) is 19.1 Å². The maximum absolute atomic E-state index is 15.3. The Morgan fingerprint density at radius 3 is 2.50 bits per heavy atom. The van der Waals surface area contributed by atoms with Gasteiger partial charge in [0.1, 0.15) is 23.3 Å². The van der Waals surface area contributed by atoms with Crippen LogP contribution in [0.25, 0.3) is 0 Å². The van der Waals surface area contributed by atoms with Crippen LogP contribution in [0.2, 0.25) is 0 Å². The van der Waals surface area contributed by atoms with Gasteiger partial charge in [0.05, 0.1) is 16.1 Å². The van der Waals surface area contributed by atoms with E-state index < -0.39 is 32.2 Å². The average Bonchev–Trinajstić information content (AvgIpc) is 2.87. The van der Waals surface area contributed by atoms with Gasteiger partial charge in [0, 0.05) is 12.6 Å². The zero-order valence-electron chi connectivity index (χ0n) is 21.9. The van der Waals surface area contributed by atoms with Crippen molar-refractivity contribution >= 4 is 21.6 Å². The Morgan fingerprint density at radius 2 is 1.89 bits per heavy atom. The second-order valence-electron chi connectivity index (χ2n) is 10.0. The molecule has 2 N–H and O–H groups in total. The monoisotopic (exact) mass is 548 g/mol. The number of carbonyl (C=O) groups is 1. The Balaban J connectivity index is 1.81. The van der Waals surface area contributed by atoms with Crippen molar-refractivity contribution in [2.45, 2.75) is 62.0 Å². The van der Waals surface area contributed by atoms with Crippen LogP contribution in [0.4, 0.5) is 14.5 Å². The van der Waals surface area contributed by atoms with Crippen LogP contribution in [0.3, 0.4) is 0 Å². The lowest BCUT2D eigenvalue weighted by Gasteiger charge is -2.32. The number of sulfonamides is 1. The van der Waals surface area contributed by atoms with Crippen LogP contribution < -0.4 is 10.0 Å². The predicted octanol–water partition coefficient (Wildman–Crippen LogP) is 3.97. The molecule has 2 aromatic carbocycles. The minimum Gasteiger partial charge on any atom is -0.379 e. The molecule has 0 saturated carbocycles. The van der Waals surface area contributed by atoms with Gasteiger partial charge in [-0.1, -0.05) is 12.1 Å². The summed E-state index contributed by atoms with van der Waals surface area (Å²) in [6.45, 7) is 2.54. The van der Waals surface area contributed by atoms with Crippen LogP contribution in [0.5, 0.6) is 0 Å². The Labute approximate surface area is 223 Å². The van der Waals surface area contributed by atoms with Crippen molar-refractivity contribution in [3.8, 4) is 6.07 Å². The number of rotatable bonds is 11. The number of amides is 1. The molecular weight excluding hydrogens is 514 g/mol. The van der Waals surface area contributed by atoms with Gasteiger partial charge in [0.15, 0.2) is 0 Å². The third kappa shape index (κ3) is 7.72. The van der Waals surface area contributed by atoms with Crippen molar-refractivity contribution in [3.05, 3.63) is 59.2 Å². The Kier molecular flexibility index (Phi) is 9.82. The molecule has 1 heterocycles. The summed E-state index contributed by atoms with van der Waals surface area (Å²) >= 11 is 0. The summed E-state index contributed by atoms with van der Waals surface area (Å²) < 4.78 is 61.9. The molecular formula is C27H34F2N4O4S. The first-order valence-corrected chi connectivity index (χ1v) is 14.0. The first-order valence-electron chi connectivity index (χ1n) is 12.5. The molecule has 0 aliphatic carbocycles. The standard InChI is InChI=1S/C27H34F2N4O4S/c1-27(13-4-5-15-37-27)26(34)32-38(35,36)23-16-20(18-30)25(24(29)17-23)31-22(12-14-33(2)3)11-8-19-6-9-21(28)10-7-19/h6-7,9-10,16-17,22,31H,4-5,8,11-15H2,1-3H3,(H,32,34)/t22-,27-/m0/s1. The maximum Gasteiger partial charge on any atom is 0.265 e. The molecule has 0 bridgehead atoms. The smallest absolute Gasteiger partial charge is 0.265 e. The lowest BCUT2D eigenvalue weighted by Crippen LogP contribution is -2.50. The van der Waals surface area contributed by atoms with Crippen LogP contribution >= 0.6 is 0 Å². The minimum absolute atomic E-state index is 0.108. The topological polar surface area (TPSA) is 112 Å². The van der Waals surface area contributed by atoms with E-state index in [1.807, 2.05) is 29.8 Å². The highest BCUT2D eigenvalue weighted by molar-refractivity contribution is 7.90. The van der Waals surface area contributed by atoms with E-state index in [1.54, 1.807) is 12.1 Å². The molecule has 3 rings (SSSR count). The normalized spacial score (nSPS) is 18.6. The molecule has 2 atom stereocenters. The number of nitriles is 1. The molecule has 0 spiro atoms. The number of nitrogens with zero attached hydrogens (tertiary/aromatic N) is 2. The molecule has 0 radical (unpaired) electrons. The highest BCUT2D eigenvalue weighted by Crippen LogP contribution is 2.28. The van der Waals surface area contributed by atoms with Crippen molar-refractivity contribution in [3.63, 3.8) is 0 Å². The molecule has 8 nitrogen and oxygen atoms in total. The van der Waals surface area contributed by atoms with Crippen LogP contribution in [0, 0.1) is 23.0 Å². The highest BCUT2D eigenvalue weighted by Gasteiger charge is 2.38. The van der Waals surface area contributed by atoms with Crippen molar-refractivity contribution in [1.29, 1.82) is 5.26 Å². The fourth-order valence-corrected chi connectivity index (χ4v) is 5.38. The second-order valence-corrected chi connectivity index (χ2v) is 11.7. The van der Waals surface area contributed by atoms with E-state index in [9.17, 15) is 22.9 Å². The second kappa shape index (κ2) is 12.7. The van der Waals surface area contributed by atoms with E-state index in [0.717, 1.165) is 24.1 Å². The lowest BCUT2D eigenvalue weighted by molar-refractivity contribution is -0.148. The largest absolute Gasteiger partial charge is 0.379 e. The lowest BCUT2D eigenvalue weighted by atomic mass is 9.95. The summed E-state index contributed by atoms with van der Waals surface area (Å²) in [7, 11) is -0.639. The predicted molar refractivity (Wildman–Crippen MR) is 140 cm³/mol. The summed E-state index contributed by atoms with van der Waals surface area (Å²) in [6, 6.07) is 9.59. The highest BCUT2D eigenvalue weighted by atomic mass is 32.2. The van der Waals surface area contributed by atoms with E-state index in [-0.39, 0.29) is 23.1 Å². The van der Waals surface area contributed by atoms with Gasteiger partial charge in [-0.05, 0) is 95.9 Å². The van der Waals surface area contributed by atoms with E-state index >= 15 is 4.39 Å². The molecule has 206 valence electrons. The Bertz CT molecular complexity index is 1270. The molecule has 11 heteroatoms. The number of aryl methyl sites for hydroxylation is 1. The third-order valence-corrected chi connectivity index (χ3v) is 7.95. The average molecular weight is 549 g/mol. The van der Waals surface area contributed by atoms with Crippen LogP contribution in [-0.2, 0) is 26.0 Å². The summed E-state index contributed by atoms with van der Waals surface area (Å²) in [4.78, 5) is 14.1. The molecule has 2 aromatic rings. The van der Waals surface area contributed by atoms with E-state index in [4.69, 9.17) is 4.74 Å². The van der Waals surface area contributed by atoms with Crippen LogP contribution in [-0.4, -0.2) is 58.1 Å². The third-order valence-electron chi connectivity index (χ3n) is 6.64. The molecule has 1 amide bonds. The molecule has 1 saturated heterocycles. The molecule has 0 unspecified atom stereocenters. The van der Waals surface area contributed by atoms with Crippen molar-refractivity contribution in [2.75, 3.05) is 32.6 Å². The summed E-state index contributed by atoms with van der Waals surface area (Å²) in [5.41, 5.74) is -0.692. The number of hydrogen-bond acceptors (Lipinski definition) is 7. The van der Waals surface area contributed by atoms with Crippen molar-refractivity contribution < 1.29 is 26.7 Å². The van der Waals surface area contributed by atoms with Gasteiger partial charge in [0.2, 0.25) is 0 Å². The van der Waals surface area contributed by atoms with Gasteiger partial charge in [-0.25, -0.2) is 21.9 Å². The van der Waals surface area contributed by atoms with E-state index in [2.05, 4.69) is 5.32 Å². The molecule has 0 aromatic heterocycles. The van der Waals surface area contributed by atoms with Gasteiger partial charge < -0.3 is 15.0 Å².